The Hall–Kier alpha value is -2.05. The van der Waals surface area contributed by atoms with Crippen LogP contribution in [-0.4, -0.2) is 35.2 Å². The molecule has 0 radical (unpaired) electrons. The largest absolute Gasteiger partial charge is 0.496 e. The summed E-state index contributed by atoms with van der Waals surface area (Å²) in [7, 11) is 3.48. The van der Waals surface area contributed by atoms with E-state index in [1.165, 1.54) is 0 Å². The van der Waals surface area contributed by atoms with E-state index in [-0.39, 0.29) is 24.5 Å². The summed E-state index contributed by atoms with van der Waals surface area (Å²) in [6.07, 6.45) is 4.27. The molecule has 1 amide bonds. The van der Waals surface area contributed by atoms with E-state index in [9.17, 15) is 4.79 Å². The van der Waals surface area contributed by atoms with Crippen LogP contribution in [-0.2, 0) is 23.0 Å². The molecule has 1 N–H and O–H groups in total. The van der Waals surface area contributed by atoms with Gasteiger partial charge in [0, 0.05) is 36.6 Å². The van der Waals surface area contributed by atoms with Crippen molar-refractivity contribution in [2.45, 2.75) is 25.0 Å². The summed E-state index contributed by atoms with van der Waals surface area (Å²) in [5, 5.41) is 3.56. The quantitative estimate of drug-likeness (QED) is 0.899. The minimum absolute atomic E-state index is 0.105. The zero-order valence-electron chi connectivity index (χ0n) is 13.7. The van der Waals surface area contributed by atoms with Crippen LogP contribution < -0.4 is 10.1 Å². The number of rotatable bonds is 5. The van der Waals surface area contributed by atoms with Gasteiger partial charge in [-0.3, -0.25) is 4.79 Å². The van der Waals surface area contributed by atoms with Gasteiger partial charge in [0.05, 0.1) is 19.6 Å². The highest BCUT2D eigenvalue weighted by Gasteiger charge is 2.33. The normalized spacial score (nSPS) is 20.1. The summed E-state index contributed by atoms with van der Waals surface area (Å²) in [4.78, 5) is 16.8. The molecule has 1 aliphatic rings. The Balaban J connectivity index is 1.70. The van der Waals surface area contributed by atoms with Gasteiger partial charge in [-0.2, -0.15) is 0 Å². The maximum atomic E-state index is 12.5. The number of ether oxygens (including phenoxy) is 2. The van der Waals surface area contributed by atoms with Crippen molar-refractivity contribution in [3.63, 3.8) is 0 Å². The standard InChI is InChI=1S/C17H20ClN3O3/c1-21-8-7-19-17(21)16-13(6-9-24-16)20-15(22)10-11-12(18)4-3-5-14(11)23-2/h3-5,7-8,13,16H,6,9-10H2,1-2H3,(H,20,22)/t13-,16-/m0/s1. The highest BCUT2D eigenvalue weighted by atomic mass is 35.5. The molecule has 0 spiro atoms. The van der Waals surface area contributed by atoms with Gasteiger partial charge in [-0.1, -0.05) is 17.7 Å². The van der Waals surface area contributed by atoms with Crippen LogP contribution in [0.5, 0.6) is 5.75 Å². The third-order valence-corrected chi connectivity index (χ3v) is 4.54. The molecule has 24 heavy (non-hydrogen) atoms. The van der Waals surface area contributed by atoms with E-state index in [4.69, 9.17) is 21.1 Å². The van der Waals surface area contributed by atoms with Crippen LogP contribution in [0, 0.1) is 0 Å². The van der Waals surface area contributed by atoms with Crippen LogP contribution in [0.4, 0.5) is 0 Å². The third kappa shape index (κ3) is 3.39. The summed E-state index contributed by atoms with van der Waals surface area (Å²) < 4.78 is 13.0. The monoisotopic (exact) mass is 349 g/mol. The Bertz CT molecular complexity index is 732. The number of aromatic nitrogens is 2. The average molecular weight is 350 g/mol. The molecule has 2 atom stereocenters. The third-order valence-electron chi connectivity index (χ3n) is 4.18. The molecule has 128 valence electrons. The first-order valence-electron chi connectivity index (χ1n) is 7.79. The highest BCUT2D eigenvalue weighted by Crippen LogP contribution is 2.29. The second-order valence-electron chi connectivity index (χ2n) is 5.75. The number of carbonyl (C=O) groups excluding carboxylic acids is 1. The number of hydrogen-bond acceptors (Lipinski definition) is 4. The van der Waals surface area contributed by atoms with E-state index < -0.39 is 0 Å². The molecule has 7 heteroatoms. The van der Waals surface area contributed by atoms with Crippen LogP contribution in [0.15, 0.2) is 30.6 Å². The van der Waals surface area contributed by atoms with Crippen LogP contribution in [0.25, 0.3) is 0 Å². The van der Waals surface area contributed by atoms with E-state index in [1.54, 1.807) is 31.5 Å². The Kier molecular flexibility index (Phi) is 5.06. The molecule has 2 heterocycles. The van der Waals surface area contributed by atoms with Crippen molar-refractivity contribution in [3.8, 4) is 5.75 Å². The van der Waals surface area contributed by atoms with Gasteiger partial charge in [0.1, 0.15) is 17.7 Å². The molecular formula is C17H20ClN3O3. The maximum absolute atomic E-state index is 12.5. The zero-order chi connectivity index (χ0) is 17.1. The number of amides is 1. The van der Waals surface area contributed by atoms with Crippen molar-refractivity contribution >= 4 is 17.5 Å². The number of nitrogens with zero attached hydrogens (tertiary/aromatic N) is 2. The highest BCUT2D eigenvalue weighted by molar-refractivity contribution is 6.31. The van der Waals surface area contributed by atoms with Crippen molar-refractivity contribution in [2.75, 3.05) is 13.7 Å². The molecule has 6 nitrogen and oxygen atoms in total. The topological polar surface area (TPSA) is 65.4 Å². The van der Waals surface area contributed by atoms with Crippen molar-refractivity contribution in [1.82, 2.24) is 14.9 Å². The fraction of sp³-hybridized carbons (Fsp3) is 0.412. The molecule has 0 unspecified atom stereocenters. The van der Waals surface area contributed by atoms with E-state index in [2.05, 4.69) is 10.3 Å². The Morgan fingerprint density at radius 2 is 2.38 bits per heavy atom. The minimum Gasteiger partial charge on any atom is -0.496 e. The van der Waals surface area contributed by atoms with Gasteiger partial charge in [0.15, 0.2) is 0 Å². The van der Waals surface area contributed by atoms with Crippen molar-refractivity contribution in [2.24, 2.45) is 7.05 Å². The van der Waals surface area contributed by atoms with Crippen LogP contribution in [0.1, 0.15) is 23.9 Å². The second kappa shape index (κ2) is 7.23. The van der Waals surface area contributed by atoms with E-state index in [1.807, 2.05) is 17.8 Å². The van der Waals surface area contributed by atoms with E-state index in [0.717, 1.165) is 12.2 Å². The number of hydrogen-bond donors (Lipinski definition) is 1. The fourth-order valence-electron chi connectivity index (χ4n) is 2.96. The first-order chi connectivity index (χ1) is 11.6. The predicted molar refractivity (Wildman–Crippen MR) is 90.2 cm³/mol. The number of nitrogens with one attached hydrogen (secondary N) is 1. The number of methoxy groups -OCH3 is 1. The van der Waals surface area contributed by atoms with Gasteiger partial charge < -0.3 is 19.4 Å². The Morgan fingerprint density at radius 3 is 3.08 bits per heavy atom. The molecule has 1 aromatic heterocycles. The van der Waals surface area contributed by atoms with E-state index in [0.29, 0.717) is 22.9 Å². The molecule has 2 aromatic rings. The number of benzene rings is 1. The van der Waals surface area contributed by atoms with Crippen molar-refractivity contribution in [3.05, 3.63) is 47.0 Å². The van der Waals surface area contributed by atoms with Crippen LogP contribution in [0.2, 0.25) is 5.02 Å². The minimum atomic E-state index is -0.234. The summed E-state index contributed by atoms with van der Waals surface area (Å²) in [6, 6.07) is 5.24. The summed E-state index contributed by atoms with van der Waals surface area (Å²) >= 11 is 6.20. The lowest BCUT2D eigenvalue weighted by molar-refractivity contribution is -0.121. The SMILES string of the molecule is COc1cccc(Cl)c1CC(=O)N[C@H]1CCO[C@@H]1c1nccn1C. The lowest BCUT2D eigenvalue weighted by atomic mass is 10.1. The van der Waals surface area contributed by atoms with Crippen molar-refractivity contribution < 1.29 is 14.3 Å². The molecule has 0 aliphatic carbocycles. The Morgan fingerprint density at radius 1 is 1.54 bits per heavy atom. The molecule has 1 fully saturated rings. The van der Waals surface area contributed by atoms with E-state index >= 15 is 0 Å². The lowest BCUT2D eigenvalue weighted by Crippen LogP contribution is -2.38. The first kappa shape index (κ1) is 16.8. The van der Waals surface area contributed by atoms with Gasteiger partial charge in [-0.25, -0.2) is 4.98 Å². The lowest BCUT2D eigenvalue weighted by Gasteiger charge is -2.20. The van der Waals surface area contributed by atoms with Gasteiger partial charge >= 0.3 is 0 Å². The number of imidazole rings is 1. The fourth-order valence-corrected chi connectivity index (χ4v) is 3.20. The summed E-state index contributed by atoms with van der Waals surface area (Å²) in [5.41, 5.74) is 0.687. The smallest absolute Gasteiger partial charge is 0.224 e. The van der Waals surface area contributed by atoms with Gasteiger partial charge in [0.25, 0.3) is 0 Å². The maximum Gasteiger partial charge on any atom is 0.224 e. The van der Waals surface area contributed by atoms with Gasteiger partial charge in [-0.05, 0) is 18.6 Å². The average Bonchev–Trinajstić information content (AvgIpc) is 3.17. The molecule has 1 saturated heterocycles. The molecule has 0 saturated carbocycles. The first-order valence-corrected chi connectivity index (χ1v) is 8.17. The number of halogens is 1. The molecule has 1 aromatic carbocycles. The second-order valence-corrected chi connectivity index (χ2v) is 6.16. The number of aryl methyl sites for hydroxylation is 1. The molecular weight excluding hydrogens is 330 g/mol. The molecule has 3 rings (SSSR count). The number of carbonyl (C=O) groups is 1. The van der Waals surface area contributed by atoms with Crippen molar-refractivity contribution in [1.29, 1.82) is 0 Å². The molecule has 0 bridgehead atoms. The molecule has 1 aliphatic heterocycles. The van der Waals surface area contributed by atoms with Gasteiger partial charge in [-0.15, -0.1) is 0 Å². The van der Waals surface area contributed by atoms with Gasteiger partial charge in [0.2, 0.25) is 5.91 Å². The van der Waals surface area contributed by atoms with Crippen LogP contribution in [0.3, 0.4) is 0 Å². The predicted octanol–water partition coefficient (Wildman–Crippen LogP) is 2.27. The summed E-state index contributed by atoms with van der Waals surface area (Å²) in [5.74, 6) is 1.31. The summed E-state index contributed by atoms with van der Waals surface area (Å²) in [6.45, 7) is 0.595. The Labute approximate surface area is 145 Å². The zero-order valence-corrected chi connectivity index (χ0v) is 14.4. The van der Waals surface area contributed by atoms with Crippen LogP contribution >= 0.6 is 11.6 Å².